The van der Waals surface area contributed by atoms with Crippen LogP contribution < -0.4 is 10.5 Å². The molecule has 2 aromatic carbocycles. The minimum Gasteiger partial charge on any atom is -0.492 e. The molecule has 0 aliphatic heterocycles. The highest BCUT2D eigenvalue weighted by Crippen LogP contribution is 2.25. The van der Waals surface area contributed by atoms with Crippen LogP contribution in [0.3, 0.4) is 0 Å². The van der Waals surface area contributed by atoms with Crippen molar-refractivity contribution in [3.05, 3.63) is 71.9 Å². The van der Waals surface area contributed by atoms with E-state index in [-0.39, 0.29) is 0 Å². The third kappa shape index (κ3) is 9.99. The highest BCUT2D eigenvalue weighted by atomic mass is 32.2. The van der Waals surface area contributed by atoms with Gasteiger partial charge in [-0.05, 0) is 67.6 Å². The fourth-order valence-corrected chi connectivity index (χ4v) is 4.05. The first-order valence-electron chi connectivity index (χ1n) is 12.7. The number of aliphatic hydroxyl groups excluding tert-OH is 3. The summed E-state index contributed by atoms with van der Waals surface area (Å²) in [5.41, 5.74) is 8.41. The number of aryl methyl sites for hydroxylation is 1. The molecule has 0 saturated carbocycles. The number of hydrogen-bond donors (Lipinski definition) is 5. The van der Waals surface area contributed by atoms with Crippen LogP contribution in [0.5, 0.6) is 5.75 Å². The smallest absolute Gasteiger partial charge is 0.333 e. The van der Waals surface area contributed by atoms with E-state index in [1.807, 2.05) is 24.3 Å². The number of nitrogens with two attached hydrogens (primary N) is 1. The van der Waals surface area contributed by atoms with Gasteiger partial charge in [0, 0.05) is 29.3 Å². The Bertz CT molecular complexity index is 1120. The van der Waals surface area contributed by atoms with Crippen molar-refractivity contribution in [3.8, 4) is 17.0 Å². The minimum atomic E-state index is -1.21. The predicted molar refractivity (Wildman–Crippen MR) is 153 cm³/mol. The average molecular weight is 561 g/mol. The molecule has 39 heavy (non-hydrogen) atoms. The predicted octanol–water partition coefficient (Wildman–Crippen LogP) is 2.96. The first-order valence-corrected chi connectivity index (χ1v) is 13.9. The van der Waals surface area contributed by atoms with Gasteiger partial charge >= 0.3 is 5.97 Å². The molecule has 6 N–H and O–H groups in total. The number of aromatic nitrogens is 1. The lowest BCUT2D eigenvalue weighted by molar-refractivity contribution is -0.149. The summed E-state index contributed by atoms with van der Waals surface area (Å²) in [7, 11) is 0. The third-order valence-electron chi connectivity index (χ3n) is 6.10. The maximum atomic E-state index is 11.3. The summed E-state index contributed by atoms with van der Waals surface area (Å²) < 4.78 is 13.5. The number of aliphatic hydroxyl groups is 3. The topological polar surface area (TPSA) is 147 Å². The van der Waals surface area contributed by atoms with Gasteiger partial charge in [0.15, 0.2) is 6.10 Å². The third-order valence-corrected chi connectivity index (χ3v) is 6.84. The lowest BCUT2D eigenvalue weighted by Crippen LogP contribution is -2.50. The van der Waals surface area contributed by atoms with Gasteiger partial charge in [-0.3, -0.25) is 0 Å². The number of benzene rings is 2. The molecule has 10 heteroatoms. The average Bonchev–Trinajstić information content (AvgIpc) is 3.33. The highest BCUT2D eigenvalue weighted by Gasteiger charge is 2.21. The van der Waals surface area contributed by atoms with Crippen molar-refractivity contribution in [3.63, 3.8) is 0 Å². The summed E-state index contributed by atoms with van der Waals surface area (Å²) in [4.78, 5) is 12.5. The van der Waals surface area contributed by atoms with Gasteiger partial charge in [-0.25, -0.2) is 4.79 Å². The Morgan fingerprint density at radius 3 is 2.10 bits per heavy atom. The summed E-state index contributed by atoms with van der Waals surface area (Å²) in [6.45, 7) is 4.35. The van der Waals surface area contributed by atoms with Crippen molar-refractivity contribution in [2.45, 2.75) is 43.4 Å². The fourth-order valence-electron chi connectivity index (χ4n) is 3.64. The van der Waals surface area contributed by atoms with E-state index in [2.05, 4.69) is 54.1 Å². The molecule has 0 fully saturated rings. The van der Waals surface area contributed by atoms with Crippen LogP contribution in [-0.2, 0) is 22.5 Å². The molecule has 1 atom stereocenters. The molecule has 9 nitrogen and oxygen atoms in total. The van der Waals surface area contributed by atoms with Crippen molar-refractivity contribution >= 4 is 17.7 Å². The van der Waals surface area contributed by atoms with Gasteiger partial charge < -0.3 is 40.2 Å². The second-order valence-electron chi connectivity index (χ2n) is 9.06. The second kappa shape index (κ2) is 16.3. The molecule has 3 aromatic rings. The molecule has 0 spiro atoms. The van der Waals surface area contributed by atoms with Crippen molar-refractivity contribution in [1.82, 2.24) is 4.57 Å². The number of hydrogen-bond acceptors (Lipinski definition) is 8. The minimum absolute atomic E-state index is 0.338. The Labute approximate surface area is 234 Å². The molecule has 0 saturated heterocycles. The molecule has 0 aliphatic carbocycles. The summed E-state index contributed by atoms with van der Waals surface area (Å²) in [6, 6.07) is 20.4. The molecule has 0 radical (unpaired) electrons. The molecule has 0 amide bonds. The largest absolute Gasteiger partial charge is 0.492 e. The van der Waals surface area contributed by atoms with Gasteiger partial charge in [-0.1, -0.05) is 24.3 Å². The maximum absolute atomic E-state index is 11.3. The van der Waals surface area contributed by atoms with Crippen LogP contribution >= 0.6 is 11.8 Å². The molecular formula is C29H40N2O7S. The van der Waals surface area contributed by atoms with E-state index in [4.69, 9.17) is 30.5 Å². The van der Waals surface area contributed by atoms with Crippen molar-refractivity contribution < 1.29 is 34.7 Å². The number of carbonyl (C=O) groups is 1. The molecular weight excluding hydrogens is 520 g/mol. The summed E-state index contributed by atoms with van der Waals surface area (Å²) in [5, 5.41) is 34.2. The number of nitrogens with zero attached hydrogens (tertiary/aromatic N) is 1. The summed E-state index contributed by atoms with van der Waals surface area (Å²) >= 11 is 1.74. The van der Waals surface area contributed by atoms with E-state index in [0.717, 1.165) is 17.9 Å². The number of rotatable bonds is 14. The second-order valence-corrected chi connectivity index (χ2v) is 9.94. The van der Waals surface area contributed by atoms with Gasteiger partial charge in [0.2, 0.25) is 0 Å². The number of carboxylic acids is 1. The molecule has 0 bridgehead atoms. The normalized spacial score (nSPS) is 12.0. The van der Waals surface area contributed by atoms with Crippen LogP contribution in [0.2, 0.25) is 0 Å². The van der Waals surface area contributed by atoms with Crippen molar-refractivity contribution in [2.75, 3.05) is 39.3 Å². The van der Waals surface area contributed by atoms with E-state index in [1.54, 1.807) is 18.7 Å². The number of ether oxygens (including phenoxy) is 2. The monoisotopic (exact) mass is 560 g/mol. The van der Waals surface area contributed by atoms with Crippen LogP contribution in [0.15, 0.2) is 65.6 Å². The van der Waals surface area contributed by atoms with Gasteiger partial charge in [0.05, 0.1) is 31.9 Å². The standard InChI is InChI=1S/C25H29NO4S.C4H11NO3/c1-4-29-24(25(27)28)17-19-6-10-21(11-7-19)30-16-15-26-18(2)5-14-23(26)20-8-12-22(31-3)13-9-20;5-4(1-6,2-7)3-8/h5-14,24H,4,15-17H2,1-3H3,(H,27,28);6-8H,1-3,5H2/t24-;/m0./s1. The van der Waals surface area contributed by atoms with Crippen LogP contribution in [-0.4, -0.2) is 81.9 Å². The zero-order valence-electron chi connectivity index (χ0n) is 22.7. The van der Waals surface area contributed by atoms with E-state index in [9.17, 15) is 9.90 Å². The number of carboxylic acid groups (broad SMARTS) is 1. The van der Waals surface area contributed by atoms with E-state index in [0.29, 0.717) is 19.6 Å². The number of thioether (sulfide) groups is 1. The Hall–Kier alpha value is -2.86. The maximum Gasteiger partial charge on any atom is 0.333 e. The van der Waals surface area contributed by atoms with Crippen molar-refractivity contribution in [2.24, 2.45) is 5.73 Å². The highest BCUT2D eigenvalue weighted by molar-refractivity contribution is 7.98. The van der Waals surface area contributed by atoms with E-state index in [1.165, 1.54) is 21.8 Å². The fraction of sp³-hybridized carbons (Fsp3) is 0.414. The SMILES string of the molecule is CCO[C@@H](Cc1ccc(OCCn2c(C)ccc2-c2ccc(SC)cc2)cc1)C(=O)O.NC(CO)(CO)CO. The molecule has 214 valence electrons. The Morgan fingerprint density at radius 1 is 1.00 bits per heavy atom. The summed E-state index contributed by atoms with van der Waals surface area (Å²) in [6.07, 6.45) is 1.59. The molecule has 1 heterocycles. The van der Waals surface area contributed by atoms with Gasteiger partial charge in [0.25, 0.3) is 0 Å². The molecule has 0 aliphatic rings. The van der Waals surface area contributed by atoms with Crippen LogP contribution in [0.4, 0.5) is 0 Å². The van der Waals surface area contributed by atoms with Crippen LogP contribution in [0, 0.1) is 6.92 Å². The zero-order chi connectivity index (χ0) is 28.8. The quantitative estimate of drug-likeness (QED) is 0.188. The summed E-state index contributed by atoms with van der Waals surface area (Å²) in [5.74, 6) is -0.175. The lowest BCUT2D eigenvalue weighted by atomic mass is 10.1. The number of aliphatic carboxylic acids is 1. The molecule has 3 rings (SSSR count). The Balaban J connectivity index is 0.000000580. The van der Waals surface area contributed by atoms with E-state index < -0.39 is 37.4 Å². The van der Waals surface area contributed by atoms with Crippen LogP contribution in [0.1, 0.15) is 18.2 Å². The lowest BCUT2D eigenvalue weighted by Gasteiger charge is -2.20. The van der Waals surface area contributed by atoms with Crippen LogP contribution in [0.25, 0.3) is 11.3 Å². The Kier molecular flexibility index (Phi) is 13.5. The molecule has 0 unspecified atom stereocenters. The van der Waals surface area contributed by atoms with E-state index >= 15 is 0 Å². The first-order chi connectivity index (χ1) is 18.7. The van der Waals surface area contributed by atoms with Gasteiger partial charge in [-0.2, -0.15) is 0 Å². The van der Waals surface area contributed by atoms with Gasteiger partial charge in [-0.15, -0.1) is 11.8 Å². The first kappa shape index (κ1) is 32.4. The Morgan fingerprint density at radius 2 is 1.62 bits per heavy atom. The zero-order valence-corrected chi connectivity index (χ0v) is 23.6. The molecule has 1 aromatic heterocycles. The van der Waals surface area contributed by atoms with Gasteiger partial charge in [0.1, 0.15) is 12.4 Å². The van der Waals surface area contributed by atoms with Crippen molar-refractivity contribution in [1.29, 1.82) is 0 Å².